The van der Waals surface area contributed by atoms with E-state index in [1.54, 1.807) is 6.92 Å². The largest absolute Gasteiger partial charge is 0.469 e. The van der Waals surface area contributed by atoms with Crippen molar-refractivity contribution in [1.29, 1.82) is 0 Å². The van der Waals surface area contributed by atoms with Crippen molar-refractivity contribution in [1.82, 2.24) is 0 Å². The Hall–Kier alpha value is -0.570. The second-order valence-electron chi connectivity index (χ2n) is 3.85. The summed E-state index contributed by atoms with van der Waals surface area (Å²) < 4.78 is 9.97. The number of esters is 1. The van der Waals surface area contributed by atoms with Crippen molar-refractivity contribution in [3.05, 3.63) is 0 Å². The monoisotopic (exact) mass is 174 g/mol. The van der Waals surface area contributed by atoms with Crippen molar-refractivity contribution in [2.24, 2.45) is 5.92 Å². The lowest BCUT2D eigenvalue weighted by molar-refractivity contribution is -0.148. The SMILES string of the molecule is COC(=O)C(C)COC(C)(C)C. The maximum absolute atomic E-state index is 10.9. The zero-order chi connectivity index (χ0) is 9.78. The van der Waals surface area contributed by atoms with Gasteiger partial charge in [-0.25, -0.2) is 0 Å². The fraction of sp³-hybridized carbons (Fsp3) is 0.889. The summed E-state index contributed by atoms with van der Waals surface area (Å²) in [6, 6.07) is 0. The second kappa shape index (κ2) is 4.45. The van der Waals surface area contributed by atoms with E-state index in [9.17, 15) is 4.79 Å². The second-order valence-corrected chi connectivity index (χ2v) is 3.85. The Morgan fingerprint density at radius 3 is 2.25 bits per heavy atom. The minimum absolute atomic E-state index is 0.186. The van der Waals surface area contributed by atoms with E-state index in [1.807, 2.05) is 20.8 Å². The molecule has 1 atom stereocenters. The first kappa shape index (κ1) is 11.4. The smallest absolute Gasteiger partial charge is 0.310 e. The number of rotatable bonds is 3. The maximum atomic E-state index is 10.9. The number of hydrogen-bond donors (Lipinski definition) is 0. The van der Waals surface area contributed by atoms with Crippen LogP contribution >= 0.6 is 0 Å². The van der Waals surface area contributed by atoms with Gasteiger partial charge in [0, 0.05) is 0 Å². The first-order valence-corrected chi connectivity index (χ1v) is 4.08. The summed E-state index contributed by atoms with van der Waals surface area (Å²) in [4.78, 5) is 10.9. The highest BCUT2D eigenvalue weighted by Gasteiger charge is 2.17. The van der Waals surface area contributed by atoms with Gasteiger partial charge < -0.3 is 9.47 Å². The molecule has 0 rings (SSSR count). The number of ether oxygens (including phenoxy) is 2. The molecule has 3 heteroatoms. The number of carbonyl (C=O) groups excluding carboxylic acids is 1. The van der Waals surface area contributed by atoms with E-state index >= 15 is 0 Å². The van der Waals surface area contributed by atoms with Gasteiger partial charge in [-0.2, -0.15) is 0 Å². The predicted octanol–water partition coefficient (Wildman–Crippen LogP) is 1.61. The van der Waals surface area contributed by atoms with Gasteiger partial charge >= 0.3 is 5.97 Å². The molecule has 0 saturated carbocycles. The van der Waals surface area contributed by atoms with Crippen molar-refractivity contribution in [3.8, 4) is 0 Å². The Labute approximate surface area is 74.0 Å². The van der Waals surface area contributed by atoms with Gasteiger partial charge in [-0.05, 0) is 27.7 Å². The molecule has 0 bridgehead atoms. The third-order valence-electron chi connectivity index (χ3n) is 1.37. The van der Waals surface area contributed by atoms with Gasteiger partial charge in [0.25, 0.3) is 0 Å². The highest BCUT2D eigenvalue weighted by Crippen LogP contribution is 2.09. The summed E-state index contributed by atoms with van der Waals surface area (Å²) >= 11 is 0. The van der Waals surface area contributed by atoms with E-state index < -0.39 is 0 Å². The third-order valence-corrected chi connectivity index (χ3v) is 1.37. The van der Waals surface area contributed by atoms with Crippen LogP contribution in [0.15, 0.2) is 0 Å². The molecule has 0 spiro atoms. The highest BCUT2D eigenvalue weighted by atomic mass is 16.5. The molecular formula is C9H18O3. The molecule has 0 radical (unpaired) electrons. The molecule has 3 nitrogen and oxygen atoms in total. The average Bonchev–Trinajstić information content (AvgIpc) is 1.97. The maximum Gasteiger partial charge on any atom is 0.310 e. The van der Waals surface area contributed by atoms with E-state index in [-0.39, 0.29) is 17.5 Å². The fourth-order valence-corrected chi connectivity index (χ4v) is 0.644. The Kier molecular flexibility index (Phi) is 4.24. The zero-order valence-corrected chi connectivity index (χ0v) is 8.51. The molecule has 0 aromatic rings. The van der Waals surface area contributed by atoms with Gasteiger partial charge in [0.2, 0.25) is 0 Å². The first-order chi connectivity index (χ1) is 5.37. The van der Waals surface area contributed by atoms with Crippen LogP contribution < -0.4 is 0 Å². The van der Waals surface area contributed by atoms with Gasteiger partial charge in [0.05, 0.1) is 25.2 Å². The lowest BCUT2D eigenvalue weighted by Crippen LogP contribution is -2.26. The van der Waals surface area contributed by atoms with Gasteiger partial charge in [0.1, 0.15) is 0 Å². The van der Waals surface area contributed by atoms with Crippen molar-refractivity contribution in [2.75, 3.05) is 13.7 Å². The van der Waals surface area contributed by atoms with E-state index in [0.717, 1.165) is 0 Å². The van der Waals surface area contributed by atoms with Gasteiger partial charge in [-0.3, -0.25) is 4.79 Å². The summed E-state index contributed by atoms with van der Waals surface area (Å²) in [5.74, 6) is -0.409. The predicted molar refractivity (Wildman–Crippen MR) is 46.9 cm³/mol. The summed E-state index contributed by atoms with van der Waals surface area (Å²) in [5.41, 5.74) is -0.192. The lowest BCUT2D eigenvalue weighted by atomic mass is 10.1. The standard InChI is InChI=1S/C9H18O3/c1-7(8(10)11-5)6-12-9(2,3)4/h7H,6H2,1-5H3. The Morgan fingerprint density at radius 1 is 1.42 bits per heavy atom. The van der Waals surface area contributed by atoms with E-state index in [0.29, 0.717) is 6.61 Å². The van der Waals surface area contributed by atoms with Crippen molar-refractivity contribution in [2.45, 2.75) is 33.3 Å². The van der Waals surface area contributed by atoms with Crippen LogP contribution in [-0.2, 0) is 14.3 Å². The molecule has 0 N–H and O–H groups in total. The Bertz CT molecular complexity index is 146. The average molecular weight is 174 g/mol. The number of hydrogen-bond acceptors (Lipinski definition) is 3. The van der Waals surface area contributed by atoms with Crippen LogP contribution in [0.2, 0.25) is 0 Å². The molecule has 0 saturated heterocycles. The molecule has 0 aliphatic carbocycles. The lowest BCUT2D eigenvalue weighted by Gasteiger charge is -2.21. The fourth-order valence-electron chi connectivity index (χ4n) is 0.644. The Morgan fingerprint density at radius 2 is 1.92 bits per heavy atom. The molecule has 72 valence electrons. The van der Waals surface area contributed by atoms with Crippen LogP contribution in [0.25, 0.3) is 0 Å². The van der Waals surface area contributed by atoms with Crippen molar-refractivity contribution in [3.63, 3.8) is 0 Å². The summed E-state index contributed by atoms with van der Waals surface area (Å²) in [5, 5.41) is 0. The minimum Gasteiger partial charge on any atom is -0.469 e. The van der Waals surface area contributed by atoms with E-state index in [4.69, 9.17) is 4.74 Å². The molecule has 0 heterocycles. The third kappa shape index (κ3) is 5.13. The first-order valence-electron chi connectivity index (χ1n) is 4.08. The molecule has 0 amide bonds. The molecule has 0 aromatic carbocycles. The van der Waals surface area contributed by atoms with Gasteiger partial charge in [0.15, 0.2) is 0 Å². The zero-order valence-electron chi connectivity index (χ0n) is 8.51. The molecule has 1 unspecified atom stereocenters. The van der Waals surface area contributed by atoms with Gasteiger partial charge in [-0.1, -0.05) is 0 Å². The van der Waals surface area contributed by atoms with E-state index in [2.05, 4.69) is 4.74 Å². The van der Waals surface area contributed by atoms with Crippen LogP contribution in [0.3, 0.4) is 0 Å². The molecular weight excluding hydrogens is 156 g/mol. The molecule has 12 heavy (non-hydrogen) atoms. The molecule has 0 aromatic heterocycles. The normalized spacial score (nSPS) is 14.1. The van der Waals surface area contributed by atoms with Gasteiger partial charge in [-0.15, -0.1) is 0 Å². The Balaban J connectivity index is 3.72. The molecule has 0 aliphatic heterocycles. The number of methoxy groups -OCH3 is 1. The summed E-state index contributed by atoms with van der Waals surface area (Å²) in [6.45, 7) is 8.07. The van der Waals surface area contributed by atoms with Crippen LogP contribution in [0.1, 0.15) is 27.7 Å². The molecule has 0 aliphatic rings. The summed E-state index contributed by atoms with van der Waals surface area (Å²) in [7, 11) is 1.38. The molecule has 0 fully saturated rings. The van der Waals surface area contributed by atoms with Crippen LogP contribution in [0, 0.1) is 5.92 Å². The van der Waals surface area contributed by atoms with Crippen molar-refractivity contribution >= 4 is 5.97 Å². The number of carbonyl (C=O) groups is 1. The van der Waals surface area contributed by atoms with Crippen molar-refractivity contribution < 1.29 is 14.3 Å². The van der Waals surface area contributed by atoms with Crippen LogP contribution in [0.5, 0.6) is 0 Å². The summed E-state index contributed by atoms with van der Waals surface area (Å²) in [6.07, 6.45) is 0. The quantitative estimate of drug-likeness (QED) is 0.610. The van der Waals surface area contributed by atoms with Crippen LogP contribution in [-0.4, -0.2) is 25.3 Å². The topological polar surface area (TPSA) is 35.5 Å². The highest BCUT2D eigenvalue weighted by molar-refractivity contribution is 5.71. The van der Waals surface area contributed by atoms with Crippen LogP contribution in [0.4, 0.5) is 0 Å². The minimum atomic E-state index is -0.223. The van der Waals surface area contributed by atoms with E-state index in [1.165, 1.54) is 7.11 Å².